The quantitative estimate of drug-likeness (QED) is 0.465. The molecule has 1 nitrogen and oxygen atoms in total. The summed E-state index contributed by atoms with van der Waals surface area (Å²) in [6.07, 6.45) is 4.78. The van der Waals surface area contributed by atoms with Crippen molar-refractivity contribution in [1.82, 2.24) is 4.90 Å². The first-order chi connectivity index (χ1) is 13.8. The Kier molecular flexibility index (Phi) is 5.92. The van der Waals surface area contributed by atoms with Gasteiger partial charge in [0.1, 0.15) is 0 Å². The lowest BCUT2D eigenvalue weighted by atomic mass is 9.85. The van der Waals surface area contributed by atoms with E-state index >= 15 is 0 Å². The molecule has 0 amide bonds. The van der Waals surface area contributed by atoms with Gasteiger partial charge in [0.25, 0.3) is 0 Å². The minimum atomic E-state index is 1.05. The van der Waals surface area contributed by atoms with E-state index in [-0.39, 0.29) is 0 Å². The van der Waals surface area contributed by atoms with Crippen LogP contribution < -0.4 is 0 Å². The number of likely N-dealkylation sites (tertiary alicyclic amines) is 1. The van der Waals surface area contributed by atoms with Gasteiger partial charge in [0, 0.05) is 6.54 Å². The lowest BCUT2D eigenvalue weighted by Gasteiger charge is -2.22. The molecule has 1 aliphatic rings. The largest absolute Gasteiger partial charge is 0.299 e. The zero-order chi connectivity index (χ0) is 19.3. The normalized spacial score (nSPS) is 14.5. The predicted molar refractivity (Wildman–Crippen MR) is 121 cm³/mol. The first kappa shape index (κ1) is 19.0. The Morgan fingerprint density at radius 2 is 1.14 bits per heavy atom. The van der Waals surface area contributed by atoms with Gasteiger partial charge in [-0.1, -0.05) is 80.6 Å². The third kappa shape index (κ3) is 3.77. The molecular formula is C27H31N. The molecule has 0 atom stereocenters. The maximum absolute atomic E-state index is 2.61. The molecule has 0 bridgehead atoms. The number of hydrogen-bond donors (Lipinski definition) is 0. The maximum atomic E-state index is 2.61. The average Bonchev–Trinajstić information content (AvgIpc) is 3.26. The van der Waals surface area contributed by atoms with E-state index in [4.69, 9.17) is 0 Å². The molecule has 1 fully saturated rings. The molecule has 0 aliphatic carbocycles. The van der Waals surface area contributed by atoms with Crippen LogP contribution in [0.15, 0.2) is 66.7 Å². The van der Waals surface area contributed by atoms with Gasteiger partial charge in [-0.15, -0.1) is 0 Å². The summed E-state index contributed by atoms with van der Waals surface area (Å²) in [5.74, 6) is 0. The highest BCUT2D eigenvalue weighted by Gasteiger charge is 2.19. The van der Waals surface area contributed by atoms with E-state index < -0.39 is 0 Å². The van der Waals surface area contributed by atoms with E-state index in [1.807, 2.05) is 0 Å². The summed E-state index contributed by atoms with van der Waals surface area (Å²) in [7, 11) is 0. The van der Waals surface area contributed by atoms with Crippen LogP contribution in [0.5, 0.6) is 0 Å². The topological polar surface area (TPSA) is 3.24 Å². The molecule has 0 spiro atoms. The zero-order valence-electron chi connectivity index (χ0n) is 17.2. The lowest BCUT2D eigenvalue weighted by molar-refractivity contribution is 0.332. The van der Waals surface area contributed by atoms with Gasteiger partial charge in [-0.2, -0.15) is 0 Å². The Hall–Kier alpha value is -2.38. The van der Waals surface area contributed by atoms with Crippen LogP contribution in [0.4, 0.5) is 0 Å². The second-order valence-electron chi connectivity index (χ2n) is 7.84. The third-order valence-corrected chi connectivity index (χ3v) is 6.10. The molecule has 1 aliphatic heterocycles. The van der Waals surface area contributed by atoms with E-state index in [2.05, 4.69) is 85.5 Å². The lowest BCUT2D eigenvalue weighted by Crippen LogP contribution is -2.19. The highest BCUT2D eigenvalue weighted by atomic mass is 15.1. The smallest absolute Gasteiger partial charge is 0.0240 e. The molecule has 1 heteroatoms. The maximum Gasteiger partial charge on any atom is 0.0240 e. The molecule has 0 radical (unpaired) electrons. The fourth-order valence-electron chi connectivity index (χ4n) is 4.62. The molecule has 3 aromatic rings. The SMILES string of the molecule is CCc1ccccc1-c1cccc(CN2CCCC2)c1-c1ccccc1CC. The van der Waals surface area contributed by atoms with Crippen molar-refractivity contribution in [2.45, 2.75) is 46.1 Å². The summed E-state index contributed by atoms with van der Waals surface area (Å²) in [6.45, 7) is 8.03. The highest BCUT2D eigenvalue weighted by Crippen LogP contribution is 2.39. The van der Waals surface area contributed by atoms with Crippen molar-refractivity contribution >= 4 is 0 Å². The Morgan fingerprint density at radius 1 is 0.607 bits per heavy atom. The molecule has 1 heterocycles. The summed E-state index contributed by atoms with van der Waals surface area (Å²) >= 11 is 0. The second kappa shape index (κ2) is 8.75. The van der Waals surface area contributed by atoms with Crippen molar-refractivity contribution in [3.05, 3.63) is 83.4 Å². The summed E-state index contributed by atoms with van der Waals surface area (Å²) in [4.78, 5) is 2.61. The van der Waals surface area contributed by atoms with Gasteiger partial charge in [-0.3, -0.25) is 4.90 Å². The van der Waals surface area contributed by atoms with Crippen molar-refractivity contribution in [3.63, 3.8) is 0 Å². The Labute approximate surface area is 170 Å². The molecule has 28 heavy (non-hydrogen) atoms. The molecule has 0 unspecified atom stereocenters. The van der Waals surface area contributed by atoms with Crippen LogP contribution >= 0.6 is 0 Å². The Bertz CT molecular complexity index is 934. The average molecular weight is 370 g/mol. The second-order valence-corrected chi connectivity index (χ2v) is 7.84. The van der Waals surface area contributed by atoms with Crippen molar-refractivity contribution in [3.8, 4) is 22.3 Å². The van der Waals surface area contributed by atoms with Crippen molar-refractivity contribution in [2.75, 3.05) is 13.1 Å². The van der Waals surface area contributed by atoms with E-state index in [0.29, 0.717) is 0 Å². The van der Waals surface area contributed by atoms with Crippen LogP contribution in [0.25, 0.3) is 22.3 Å². The first-order valence-corrected chi connectivity index (χ1v) is 10.8. The monoisotopic (exact) mass is 369 g/mol. The molecule has 0 aromatic heterocycles. The van der Waals surface area contributed by atoms with Gasteiger partial charge in [0.05, 0.1) is 0 Å². The standard InChI is InChI=1S/C27H31N/c1-3-21-12-5-7-15-24(21)26-17-11-14-23(20-28-18-9-10-19-28)27(26)25-16-8-6-13-22(25)4-2/h5-8,11-17H,3-4,9-10,18-20H2,1-2H3. The number of benzene rings is 3. The molecule has 4 rings (SSSR count). The summed E-state index contributed by atoms with van der Waals surface area (Å²) in [6, 6.07) is 24.8. The van der Waals surface area contributed by atoms with Crippen LogP contribution in [0, 0.1) is 0 Å². The summed E-state index contributed by atoms with van der Waals surface area (Å²) in [5.41, 5.74) is 9.94. The van der Waals surface area contributed by atoms with Crippen molar-refractivity contribution in [1.29, 1.82) is 0 Å². The highest BCUT2D eigenvalue weighted by molar-refractivity contribution is 5.88. The van der Waals surface area contributed by atoms with E-state index in [0.717, 1.165) is 19.4 Å². The van der Waals surface area contributed by atoms with E-state index in [9.17, 15) is 0 Å². The number of nitrogens with zero attached hydrogens (tertiary/aromatic N) is 1. The minimum Gasteiger partial charge on any atom is -0.299 e. The molecule has 144 valence electrons. The van der Waals surface area contributed by atoms with Gasteiger partial charge in [0.2, 0.25) is 0 Å². The number of hydrogen-bond acceptors (Lipinski definition) is 1. The van der Waals surface area contributed by atoms with E-state index in [1.54, 1.807) is 0 Å². The van der Waals surface area contributed by atoms with Crippen LogP contribution in [0.1, 0.15) is 43.4 Å². The molecule has 3 aromatic carbocycles. The minimum absolute atomic E-state index is 1.05. The van der Waals surface area contributed by atoms with Crippen LogP contribution in [0.2, 0.25) is 0 Å². The van der Waals surface area contributed by atoms with Crippen LogP contribution in [-0.2, 0) is 19.4 Å². The van der Waals surface area contributed by atoms with Gasteiger partial charge in [0.15, 0.2) is 0 Å². The summed E-state index contributed by atoms with van der Waals surface area (Å²) in [5, 5.41) is 0. The molecular weight excluding hydrogens is 338 g/mol. The third-order valence-electron chi connectivity index (χ3n) is 6.10. The van der Waals surface area contributed by atoms with Crippen LogP contribution in [-0.4, -0.2) is 18.0 Å². The van der Waals surface area contributed by atoms with Gasteiger partial charge in [-0.25, -0.2) is 0 Å². The first-order valence-electron chi connectivity index (χ1n) is 10.8. The van der Waals surface area contributed by atoms with E-state index in [1.165, 1.54) is 64.9 Å². The Balaban J connectivity index is 1.93. The number of aryl methyl sites for hydroxylation is 2. The zero-order valence-corrected chi connectivity index (χ0v) is 17.2. The Morgan fingerprint density at radius 3 is 1.82 bits per heavy atom. The predicted octanol–water partition coefficient (Wildman–Crippen LogP) is 6.74. The van der Waals surface area contributed by atoms with Gasteiger partial charge in [-0.05, 0) is 77.7 Å². The van der Waals surface area contributed by atoms with Gasteiger partial charge >= 0.3 is 0 Å². The molecule has 1 saturated heterocycles. The van der Waals surface area contributed by atoms with Crippen molar-refractivity contribution < 1.29 is 0 Å². The van der Waals surface area contributed by atoms with Crippen LogP contribution in [0.3, 0.4) is 0 Å². The number of rotatable bonds is 6. The van der Waals surface area contributed by atoms with Gasteiger partial charge < -0.3 is 0 Å². The molecule has 0 saturated carbocycles. The van der Waals surface area contributed by atoms with Crippen molar-refractivity contribution in [2.24, 2.45) is 0 Å². The fourth-order valence-corrected chi connectivity index (χ4v) is 4.62. The summed E-state index contributed by atoms with van der Waals surface area (Å²) < 4.78 is 0. The molecule has 0 N–H and O–H groups in total. The fraction of sp³-hybridized carbons (Fsp3) is 0.333.